The zero-order valence-electron chi connectivity index (χ0n) is 10.9. The second-order valence-corrected chi connectivity index (χ2v) is 4.62. The molecular weight excluding hydrogens is 329 g/mol. The van der Waals surface area contributed by atoms with Crippen molar-refractivity contribution >= 4 is 34.8 Å². The van der Waals surface area contributed by atoms with E-state index in [1.807, 2.05) is 30.3 Å². The predicted molar refractivity (Wildman–Crippen MR) is 87.7 cm³/mol. The summed E-state index contributed by atoms with van der Waals surface area (Å²) in [5.74, 6) is 0. The average Bonchev–Trinajstić information content (AvgIpc) is 2.51. The number of hydrogen-bond donors (Lipinski definition) is 0. The summed E-state index contributed by atoms with van der Waals surface area (Å²) in [5, 5.41) is 1.40. The van der Waals surface area contributed by atoms with Gasteiger partial charge in [-0.3, -0.25) is 4.98 Å². The predicted octanol–water partition coefficient (Wildman–Crippen LogP) is 5.21. The van der Waals surface area contributed by atoms with Crippen LogP contribution in [-0.2, 0) is 0 Å². The molecule has 21 heavy (non-hydrogen) atoms. The second kappa shape index (κ2) is 11.0. The van der Waals surface area contributed by atoms with E-state index in [0.717, 1.165) is 0 Å². The van der Waals surface area contributed by atoms with Crippen LogP contribution < -0.4 is 0 Å². The lowest BCUT2D eigenvalue weighted by molar-refractivity contribution is 1.33. The van der Waals surface area contributed by atoms with Gasteiger partial charge < -0.3 is 0 Å². The summed E-state index contributed by atoms with van der Waals surface area (Å²) in [6.45, 7) is 0. The summed E-state index contributed by atoms with van der Waals surface area (Å²) in [7, 11) is 0. The minimum atomic E-state index is 0.428. The van der Waals surface area contributed by atoms with Gasteiger partial charge in [-0.15, -0.1) is 0 Å². The van der Waals surface area contributed by atoms with Crippen LogP contribution in [0.4, 0.5) is 0 Å². The number of pyridine rings is 3. The van der Waals surface area contributed by atoms with E-state index >= 15 is 0 Å². The second-order valence-electron chi connectivity index (χ2n) is 3.46. The third-order valence-electron chi connectivity index (χ3n) is 1.88. The third kappa shape index (κ3) is 9.79. The smallest absolute Gasteiger partial charge is 0.130 e. The SMILES string of the molecule is Clc1cccc(Cl)n1.Clc1ccccn1.c1ccncc1. The number of halogens is 3. The van der Waals surface area contributed by atoms with Gasteiger partial charge in [0.15, 0.2) is 0 Å². The zero-order chi connectivity index (χ0) is 15.3. The highest BCUT2D eigenvalue weighted by atomic mass is 35.5. The Kier molecular flexibility index (Phi) is 9.13. The fourth-order valence-corrected chi connectivity index (χ4v) is 1.54. The average molecular weight is 341 g/mol. The van der Waals surface area contributed by atoms with Gasteiger partial charge in [0, 0.05) is 18.6 Å². The minimum Gasteiger partial charge on any atom is -0.265 e. The maximum atomic E-state index is 5.45. The van der Waals surface area contributed by atoms with Crippen LogP contribution >= 0.6 is 34.8 Å². The van der Waals surface area contributed by atoms with Crippen LogP contribution in [0.1, 0.15) is 0 Å². The first-order valence-corrected chi connectivity index (χ1v) is 7.01. The lowest BCUT2D eigenvalue weighted by Gasteiger charge is -1.85. The molecule has 0 bridgehead atoms. The van der Waals surface area contributed by atoms with Gasteiger partial charge in [-0.1, -0.05) is 53.0 Å². The van der Waals surface area contributed by atoms with Gasteiger partial charge in [0.1, 0.15) is 15.5 Å². The van der Waals surface area contributed by atoms with Gasteiger partial charge in [0.2, 0.25) is 0 Å². The highest BCUT2D eigenvalue weighted by Crippen LogP contribution is 2.08. The lowest BCUT2D eigenvalue weighted by atomic mass is 10.5. The molecule has 0 aromatic carbocycles. The molecule has 3 heterocycles. The first-order chi connectivity index (χ1) is 10.2. The molecule has 0 aliphatic rings. The summed E-state index contributed by atoms with van der Waals surface area (Å²) >= 11 is 16.3. The molecule has 0 N–H and O–H groups in total. The van der Waals surface area contributed by atoms with Crippen molar-refractivity contribution in [2.24, 2.45) is 0 Å². The fraction of sp³-hybridized carbons (Fsp3) is 0. The molecule has 0 saturated heterocycles. The van der Waals surface area contributed by atoms with Crippen LogP contribution in [0, 0.1) is 0 Å². The van der Waals surface area contributed by atoms with Gasteiger partial charge in [0.25, 0.3) is 0 Å². The third-order valence-corrected chi connectivity index (χ3v) is 2.52. The van der Waals surface area contributed by atoms with Gasteiger partial charge in [-0.05, 0) is 36.4 Å². The van der Waals surface area contributed by atoms with E-state index in [1.165, 1.54) is 0 Å². The van der Waals surface area contributed by atoms with E-state index in [0.29, 0.717) is 15.5 Å². The molecule has 0 unspecified atom stereocenters. The molecule has 6 heteroatoms. The Labute approximate surface area is 138 Å². The summed E-state index contributed by atoms with van der Waals surface area (Å²) < 4.78 is 0. The molecule has 3 aromatic rings. The van der Waals surface area contributed by atoms with Crippen LogP contribution in [0.15, 0.2) is 73.2 Å². The molecule has 108 valence electrons. The number of rotatable bonds is 0. The molecule has 0 radical (unpaired) electrons. The van der Waals surface area contributed by atoms with Crippen molar-refractivity contribution in [1.29, 1.82) is 0 Å². The van der Waals surface area contributed by atoms with E-state index in [4.69, 9.17) is 34.8 Å². The highest BCUT2D eigenvalue weighted by molar-refractivity contribution is 6.32. The highest BCUT2D eigenvalue weighted by Gasteiger charge is 1.86. The van der Waals surface area contributed by atoms with Crippen LogP contribution in [0.5, 0.6) is 0 Å². The maximum absolute atomic E-state index is 5.45. The first-order valence-electron chi connectivity index (χ1n) is 5.88. The molecule has 3 aromatic heterocycles. The van der Waals surface area contributed by atoms with Gasteiger partial charge >= 0.3 is 0 Å². The van der Waals surface area contributed by atoms with Gasteiger partial charge in [-0.2, -0.15) is 0 Å². The number of aromatic nitrogens is 3. The molecule has 0 aliphatic carbocycles. The fourth-order valence-electron chi connectivity index (χ4n) is 1.04. The molecule has 0 amide bonds. The molecule has 0 aliphatic heterocycles. The topological polar surface area (TPSA) is 38.7 Å². The van der Waals surface area contributed by atoms with E-state index in [1.54, 1.807) is 42.9 Å². The Bertz CT molecular complexity index is 563. The molecule has 3 rings (SSSR count). The van der Waals surface area contributed by atoms with E-state index in [2.05, 4.69) is 15.0 Å². The largest absolute Gasteiger partial charge is 0.265 e. The van der Waals surface area contributed by atoms with Crippen molar-refractivity contribution in [3.63, 3.8) is 0 Å². The Morgan fingerprint density at radius 1 is 0.571 bits per heavy atom. The molecule has 0 fully saturated rings. The monoisotopic (exact) mass is 339 g/mol. The molecule has 0 saturated carbocycles. The summed E-state index contributed by atoms with van der Waals surface area (Å²) in [6, 6.07) is 16.2. The summed E-state index contributed by atoms with van der Waals surface area (Å²) in [6.07, 6.45) is 5.16. The Hall–Kier alpha value is -1.68. The van der Waals surface area contributed by atoms with Gasteiger partial charge in [0.05, 0.1) is 0 Å². The lowest BCUT2D eigenvalue weighted by Crippen LogP contribution is -1.71. The molecular formula is C15H12Cl3N3. The maximum Gasteiger partial charge on any atom is 0.130 e. The van der Waals surface area contributed by atoms with Crippen LogP contribution in [0.2, 0.25) is 15.5 Å². The summed E-state index contributed by atoms with van der Waals surface area (Å²) in [5.41, 5.74) is 0. The molecule has 3 nitrogen and oxygen atoms in total. The van der Waals surface area contributed by atoms with E-state index < -0.39 is 0 Å². The quantitative estimate of drug-likeness (QED) is 0.528. The minimum absolute atomic E-state index is 0.428. The Morgan fingerprint density at radius 2 is 1.14 bits per heavy atom. The Balaban J connectivity index is 0.000000159. The van der Waals surface area contributed by atoms with Crippen molar-refractivity contribution in [3.05, 3.63) is 88.6 Å². The number of hydrogen-bond acceptors (Lipinski definition) is 3. The van der Waals surface area contributed by atoms with Crippen LogP contribution in [0.25, 0.3) is 0 Å². The molecule has 0 atom stereocenters. The zero-order valence-corrected chi connectivity index (χ0v) is 13.2. The van der Waals surface area contributed by atoms with Crippen molar-refractivity contribution in [2.75, 3.05) is 0 Å². The van der Waals surface area contributed by atoms with Crippen molar-refractivity contribution in [2.45, 2.75) is 0 Å². The standard InChI is InChI=1S/C5H3Cl2N.C5H4ClN.C5H5N/c6-4-2-1-3-5(7)8-4;6-5-3-1-2-4-7-5;1-2-4-6-5-3-1/h1-3H;1-4H;1-5H. The van der Waals surface area contributed by atoms with Crippen LogP contribution in [0.3, 0.4) is 0 Å². The van der Waals surface area contributed by atoms with E-state index in [9.17, 15) is 0 Å². The van der Waals surface area contributed by atoms with Gasteiger partial charge in [-0.25, -0.2) is 9.97 Å². The molecule has 0 spiro atoms. The summed E-state index contributed by atoms with van der Waals surface area (Å²) in [4.78, 5) is 11.2. The van der Waals surface area contributed by atoms with Crippen LogP contribution in [-0.4, -0.2) is 15.0 Å². The normalized spacial score (nSPS) is 8.71. The van der Waals surface area contributed by atoms with Crippen molar-refractivity contribution < 1.29 is 0 Å². The van der Waals surface area contributed by atoms with Crippen molar-refractivity contribution in [3.8, 4) is 0 Å². The first kappa shape index (κ1) is 17.4. The Morgan fingerprint density at radius 3 is 1.38 bits per heavy atom. The van der Waals surface area contributed by atoms with Crippen molar-refractivity contribution in [1.82, 2.24) is 15.0 Å². The van der Waals surface area contributed by atoms with E-state index in [-0.39, 0.29) is 0 Å². The number of nitrogens with zero attached hydrogens (tertiary/aromatic N) is 3.